The van der Waals surface area contributed by atoms with Gasteiger partial charge in [-0.25, -0.2) is 19.1 Å². The second-order valence-electron chi connectivity index (χ2n) is 6.22. The van der Waals surface area contributed by atoms with E-state index < -0.39 is 17.9 Å². The summed E-state index contributed by atoms with van der Waals surface area (Å²) in [4.78, 5) is 37.3. The molecule has 0 radical (unpaired) electrons. The molecule has 31 heavy (non-hydrogen) atoms. The minimum Gasteiger partial charge on any atom is -0.465 e. The summed E-state index contributed by atoms with van der Waals surface area (Å²) in [6, 6.07) is 13.3. The smallest absolute Gasteiger partial charge is 0.357 e. The molecule has 1 aromatic heterocycles. The van der Waals surface area contributed by atoms with Gasteiger partial charge in [0.15, 0.2) is 5.69 Å². The molecule has 0 unspecified atom stereocenters. The molecule has 0 N–H and O–H groups in total. The molecule has 0 aliphatic heterocycles. The average molecular weight is 443 g/mol. The maximum atomic E-state index is 12.6. The SMILES string of the molecule is CCOC(=O)c1ccc(-c2nn(-c3ccccc3)c(C(=O)OC)c2C(=O)OC)cc1Cl. The highest BCUT2D eigenvalue weighted by Gasteiger charge is 2.31. The van der Waals surface area contributed by atoms with Crippen LogP contribution in [0.5, 0.6) is 0 Å². The summed E-state index contributed by atoms with van der Waals surface area (Å²) in [5, 5.41) is 4.59. The van der Waals surface area contributed by atoms with Gasteiger partial charge in [-0.15, -0.1) is 0 Å². The summed E-state index contributed by atoms with van der Waals surface area (Å²) in [5.41, 5.74) is 1.07. The van der Waals surface area contributed by atoms with Crippen molar-refractivity contribution in [3.8, 4) is 16.9 Å². The molecule has 3 rings (SSSR count). The molecular weight excluding hydrogens is 424 g/mol. The number of ether oxygens (including phenoxy) is 3. The van der Waals surface area contributed by atoms with E-state index in [9.17, 15) is 14.4 Å². The van der Waals surface area contributed by atoms with Gasteiger partial charge in [-0.2, -0.15) is 5.10 Å². The predicted octanol–water partition coefficient (Wildman–Crippen LogP) is 3.94. The Balaban J connectivity index is 2.26. The molecule has 0 saturated heterocycles. The van der Waals surface area contributed by atoms with Crippen molar-refractivity contribution in [1.82, 2.24) is 9.78 Å². The number of para-hydroxylation sites is 1. The number of rotatable bonds is 6. The number of nitrogens with zero attached hydrogens (tertiary/aromatic N) is 2. The number of benzene rings is 2. The summed E-state index contributed by atoms with van der Waals surface area (Å²) in [7, 11) is 2.40. The average Bonchev–Trinajstić information content (AvgIpc) is 3.19. The number of hydrogen-bond donors (Lipinski definition) is 0. The van der Waals surface area contributed by atoms with Crippen molar-refractivity contribution in [2.75, 3.05) is 20.8 Å². The lowest BCUT2D eigenvalue weighted by atomic mass is 10.0. The van der Waals surface area contributed by atoms with Gasteiger partial charge in [0.1, 0.15) is 11.3 Å². The Kier molecular flexibility index (Phi) is 6.71. The molecule has 0 spiro atoms. The van der Waals surface area contributed by atoms with Gasteiger partial charge in [-0.05, 0) is 31.2 Å². The Morgan fingerprint density at radius 1 is 0.968 bits per heavy atom. The molecule has 0 fully saturated rings. The zero-order chi connectivity index (χ0) is 22.5. The summed E-state index contributed by atoms with van der Waals surface area (Å²) >= 11 is 6.29. The van der Waals surface area contributed by atoms with E-state index >= 15 is 0 Å². The Morgan fingerprint density at radius 3 is 2.23 bits per heavy atom. The van der Waals surface area contributed by atoms with Gasteiger partial charge < -0.3 is 14.2 Å². The Hall–Kier alpha value is -3.65. The normalized spacial score (nSPS) is 10.5. The van der Waals surface area contributed by atoms with Crippen molar-refractivity contribution in [2.24, 2.45) is 0 Å². The van der Waals surface area contributed by atoms with E-state index in [1.165, 1.54) is 31.0 Å². The van der Waals surface area contributed by atoms with Crippen molar-refractivity contribution >= 4 is 29.5 Å². The monoisotopic (exact) mass is 442 g/mol. The van der Waals surface area contributed by atoms with Crippen LogP contribution in [0.3, 0.4) is 0 Å². The van der Waals surface area contributed by atoms with Crippen molar-refractivity contribution in [2.45, 2.75) is 6.92 Å². The van der Waals surface area contributed by atoms with Crippen molar-refractivity contribution in [1.29, 1.82) is 0 Å². The summed E-state index contributed by atoms with van der Waals surface area (Å²) in [6.45, 7) is 1.89. The third-order valence-corrected chi connectivity index (χ3v) is 4.71. The number of carbonyl (C=O) groups is 3. The number of esters is 3. The van der Waals surface area contributed by atoms with Crippen LogP contribution in [0, 0.1) is 0 Å². The van der Waals surface area contributed by atoms with Gasteiger partial charge in [-0.1, -0.05) is 35.9 Å². The third-order valence-electron chi connectivity index (χ3n) is 4.39. The molecule has 0 amide bonds. The number of hydrogen-bond acceptors (Lipinski definition) is 7. The molecule has 1 heterocycles. The largest absolute Gasteiger partial charge is 0.465 e. The first-order valence-electron chi connectivity index (χ1n) is 9.25. The molecule has 2 aromatic carbocycles. The minimum atomic E-state index is -0.775. The first kappa shape index (κ1) is 22.0. The summed E-state index contributed by atoms with van der Waals surface area (Å²) in [6.07, 6.45) is 0. The zero-order valence-electron chi connectivity index (χ0n) is 17.0. The quantitative estimate of drug-likeness (QED) is 0.421. The molecule has 8 nitrogen and oxygen atoms in total. The fourth-order valence-corrected chi connectivity index (χ4v) is 3.25. The Bertz CT molecular complexity index is 1140. The molecule has 3 aromatic rings. The van der Waals surface area contributed by atoms with Crippen LogP contribution in [-0.2, 0) is 14.2 Å². The maximum absolute atomic E-state index is 12.6. The van der Waals surface area contributed by atoms with E-state index in [4.69, 9.17) is 25.8 Å². The fraction of sp³-hybridized carbons (Fsp3) is 0.182. The Morgan fingerprint density at radius 2 is 1.65 bits per heavy atom. The lowest BCUT2D eigenvalue weighted by Crippen LogP contribution is -2.15. The van der Waals surface area contributed by atoms with Gasteiger partial charge in [0.2, 0.25) is 0 Å². The van der Waals surface area contributed by atoms with Crippen LogP contribution >= 0.6 is 11.6 Å². The van der Waals surface area contributed by atoms with Gasteiger partial charge in [0, 0.05) is 5.56 Å². The van der Waals surface area contributed by atoms with Crippen LogP contribution in [0.2, 0.25) is 5.02 Å². The highest BCUT2D eigenvalue weighted by Crippen LogP contribution is 2.32. The maximum Gasteiger partial charge on any atom is 0.357 e. The molecule has 160 valence electrons. The molecule has 0 aliphatic rings. The highest BCUT2D eigenvalue weighted by molar-refractivity contribution is 6.34. The van der Waals surface area contributed by atoms with Crippen LogP contribution in [0.15, 0.2) is 48.5 Å². The molecular formula is C22H19ClN2O6. The van der Waals surface area contributed by atoms with E-state index in [0.717, 1.165) is 0 Å². The van der Waals surface area contributed by atoms with Gasteiger partial charge in [0.25, 0.3) is 0 Å². The molecule has 0 bridgehead atoms. The lowest BCUT2D eigenvalue weighted by molar-refractivity contribution is 0.0525. The highest BCUT2D eigenvalue weighted by atomic mass is 35.5. The van der Waals surface area contributed by atoms with Crippen molar-refractivity contribution in [3.05, 3.63) is 70.4 Å². The first-order valence-corrected chi connectivity index (χ1v) is 9.62. The number of halogens is 1. The fourth-order valence-electron chi connectivity index (χ4n) is 2.99. The number of aromatic nitrogens is 2. The second-order valence-corrected chi connectivity index (χ2v) is 6.63. The van der Waals surface area contributed by atoms with Crippen LogP contribution in [0.4, 0.5) is 0 Å². The minimum absolute atomic E-state index is 0.0850. The third kappa shape index (κ3) is 4.29. The molecule has 0 atom stereocenters. The van der Waals surface area contributed by atoms with Crippen LogP contribution in [-0.4, -0.2) is 48.5 Å². The predicted molar refractivity (Wildman–Crippen MR) is 113 cm³/mol. The van der Waals surface area contributed by atoms with Crippen LogP contribution < -0.4 is 0 Å². The van der Waals surface area contributed by atoms with Crippen LogP contribution in [0.25, 0.3) is 16.9 Å². The van der Waals surface area contributed by atoms with Gasteiger partial charge in [-0.3, -0.25) is 0 Å². The van der Waals surface area contributed by atoms with E-state index in [2.05, 4.69) is 5.10 Å². The molecule has 9 heteroatoms. The van der Waals surface area contributed by atoms with Gasteiger partial charge in [0.05, 0.1) is 37.1 Å². The van der Waals surface area contributed by atoms with Crippen molar-refractivity contribution in [3.63, 3.8) is 0 Å². The number of carbonyl (C=O) groups excluding carboxylic acids is 3. The van der Waals surface area contributed by atoms with Gasteiger partial charge >= 0.3 is 17.9 Å². The lowest BCUT2D eigenvalue weighted by Gasteiger charge is -2.07. The first-order chi connectivity index (χ1) is 14.9. The topological polar surface area (TPSA) is 96.7 Å². The van der Waals surface area contributed by atoms with Crippen LogP contribution in [0.1, 0.15) is 38.1 Å². The standard InChI is InChI=1S/C22H19ClN2O6/c1-4-31-20(26)15-11-10-13(12-16(15)23)18-17(21(27)29-2)19(22(28)30-3)25(24-18)14-8-6-5-7-9-14/h5-12H,4H2,1-3H3. The summed E-state index contributed by atoms with van der Waals surface area (Å²) < 4.78 is 16.1. The number of methoxy groups -OCH3 is 2. The molecule has 0 aliphatic carbocycles. The second kappa shape index (κ2) is 9.44. The summed E-state index contributed by atoms with van der Waals surface area (Å²) in [5.74, 6) is -2.11. The zero-order valence-corrected chi connectivity index (χ0v) is 17.8. The Labute approximate surface area is 183 Å². The van der Waals surface area contributed by atoms with E-state index in [-0.39, 0.29) is 34.1 Å². The van der Waals surface area contributed by atoms with Crippen molar-refractivity contribution < 1.29 is 28.6 Å². The van der Waals surface area contributed by atoms with E-state index in [1.54, 1.807) is 43.3 Å². The van der Waals surface area contributed by atoms with E-state index in [1.807, 2.05) is 0 Å². The van der Waals surface area contributed by atoms with E-state index in [0.29, 0.717) is 11.3 Å². The molecule has 0 saturated carbocycles.